The Kier molecular flexibility index (Phi) is 2.78. The van der Waals surface area contributed by atoms with Crippen molar-refractivity contribution in [3.8, 4) is 5.82 Å². The summed E-state index contributed by atoms with van der Waals surface area (Å²) in [6.07, 6.45) is 3.02. The van der Waals surface area contributed by atoms with Crippen molar-refractivity contribution < 1.29 is 9.53 Å². The third-order valence-corrected chi connectivity index (χ3v) is 2.33. The van der Waals surface area contributed by atoms with Crippen molar-refractivity contribution in [1.82, 2.24) is 14.8 Å². The number of hydrogen-bond donors (Lipinski definition) is 1. The fraction of sp³-hybridized carbons (Fsp3) is 0.182. The lowest BCUT2D eigenvalue weighted by atomic mass is 10.3. The van der Waals surface area contributed by atoms with Crippen molar-refractivity contribution in [1.29, 1.82) is 0 Å². The molecule has 0 unspecified atom stereocenters. The number of rotatable bonds is 2. The van der Waals surface area contributed by atoms with Crippen LogP contribution < -0.4 is 5.73 Å². The van der Waals surface area contributed by atoms with Crippen LogP contribution in [0, 0.1) is 6.92 Å². The Bertz CT molecular complexity index is 562. The number of anilines is 1. The smallest absolute Gasteiger partial charge is 0.343 e. The molecule has 2 rings (SSSR count). The molecule has 0 aliphatic carbocycles. The number of esters is 1. The monoisotopic (exact) mass is 232 g/mol. The molecule has 0 bridgehead atoms. The van der Waals surface area contributed by atoms with Crippen LogP contribution in [0.15, 0.2) is 24.5 Å². The average Bonchev–Trinajstić information content (AvgIpc) is 2.70. The fourth-order valence-corrected chi connectivity index (χ4v) is 1.44. The first kappa shape index (κ1) is 11.1. The summed E-state index contributed by atoms with van der Waals surface area (Å²) in [6.45, 7) is 1.94. The maximum atomic E-state index is 11.4. The summed E-state index contributed by atoms with van der Waals surface area (Å²) >= 11 is 0. The Morgan fingerprint density at radius 3 is 2.94 bits per heavy atom. The number of nitrogens with zero attached hydrogens (tertiary/aromatic N) is 3. The molecule has 0 atom stereocenters. The Balaban J connectivity index is 2.48. The van der Waals surface area contributed by atoms with Crippen LogP contribution >= 0.6 is 0 Å². The number of aromatic nitrogens is 3. The first-order valence-electron chi connectivity index (χ1n) is 4.98. The van der Waals surface area contributed by atoms with E-state index >= 15 is 0 Å². The molecular weight excluding hydrogens is 220 g/mol. The van der Waals surface area contributed by atoms with Gasteiger partial charge in [0.25, 0.3) is 0 Å². The summed E-state index contributed by atoms with van der Waals surface area (Å²) in [7, 11) is 1.30. The van der Waals surface area contributed by atoms with Crippen molar-refractivity contribution in [2.24, 2.45) is 0 Å². The van der Waals surface area contributed by atoms with Gasteiger partial charge in [0.15, 0.2) is 5.82 Å². The van der Waals surface area contributed by atoms with Crippen LogP contribution in [0.3, 0.4) is 0 Å². The first-order valence-corrected chi connectivity index (χ1v) is 4.98. The van der Waals surface area contributed by atoms with Gasteiger partial charge in [-0.05, 0) is 24.6 Å². The molecule has 0 amide bonds. The molecule has 2 aromatic rings. The second-order valence-electron chi connectivity index (χ2n) is 3.54. The molecule has 0 aliphatic heterocycles. The highest BCUT2D eigenvalue weighted by atomic mass is 16.5. The highest BCUT2D eigenvalue weighted by Gasteiger charge is 2.16. The topological polar surface area (TPSA) is 83.0 Å². The number of aryl methyl sites for hydroxylation is 1. The Hall–Kier alpha value is -2.37. The lowest BCUT2D eigenvalue weighted by Crippen LogP contribution is -2.08. The molecule has 88 valence electrons. The van der Waals surface area contributed by atoms with Crippen LogP contribution in [0.5, 0.6) is 0 Å². The number of carbonyl (C=O) groups is 1. The fourth-order valence-electron chi connectivity index (χ4n) is 1.44. The van der Waals surface area contributed by atoms with E-state index in [-0.39, 0.29) is 11.4 Å². The van der Waals surface area contributed by atoms with E-state index in [1.807, 2.05) is 19.1 Å². The molecule has 0 saturated carbocycles. The molecule has 6 heteroatoms. The van der Waals surface area contributed by atoms with E-state index in [9.17, 15) is 4.79 Å². The molecule has 0 fully saturated rings. The van der Waals surface area contributed by atoms with Crippen LogP contribution in [-0.4, -0.2) is 27.8 Å². The van der Waals surface area contributed by atoms with E-state index in [0.29, 0.717) is 5.82 Å². The largest absolute Gasteiger partial charge is 0.465 e. The Morgan fingerprint density at radius 1 is 1.53 bits per heavy atom. The predicted octanol–water partition coefficient (Wildman–Crippen LogP) is 0.945. The minimum atomic E-state index is -0.513. The van der Waals surface area contributed by atoms with Crippen LogP contribution in [0.25, 0.3) is 5.82 Å². The summed E-state index contributed by atoms with van der Waals surface area (Å²) in [4.78, 5) is 15.5. The second kappa shape index (κ2) is 4.25. The van der Waals surface area contributed by atoms with Gasteiger partial charge in [-0.15, -0.1) is 0 Å². The number of carbonyl (C=O) groups excluding carboxylic acids is 1. The normalized spacial score (nSPS) is 10.2. The molecule has 17 heavy (non-hydrogen) atoms. The third-order valence-electron chi connectivity index (χ3n) is 2.33. The first-order chi connectivity index (χ1) is 8.13. The van der Waals surface area contributed by atoms with Gasteiger partial charge in [-0.3, -0.25) is 0 Å². The minimum absolute atomic E-state index is 0.218. The Morgan fingerprint density at radius 2 is 2.29 bits per heavy atom. The summed E-state index contributed by atoms with van der Waals surface area (Å²) in [5.41, 5.74) is 7.09. The van der Waals surface area contributed by atoms with Gasteiger partial charge in [-0.2, -0.15) is 9.78 Å². The van der Waals surface area contributed by atoms with Crippen molar-refractivity contribution in [2.75, 3.05) is 12.8 Å². The number of methoxy groups -OCH3 is 1. The van der Waals surface area contributed by atoms with E-state index in [4.69, 9.17) is 5.73 Å². The lowest BCUT2D eigenvalue weighted by Gasteiger charge is -2.04. The summed E-state index contributed by atoms with van der Waals surface area (Å²) < 4.78 is 6.00. The van der Waals surface area contributed by atoms with Crippen LogP contribution in [0.4, 0.5) is 5.82 Å². The van der Waals surface area contributed by atoms with E-state index < -0.39 is 5.97 Å². The van der Waals surface area contributed by atoms with Crippen LogP contribution in [0.1, 0.15) is 15.9 Å². The zero-order valence-electron chi connectivity index (χ0n) is 9.54. The number of nitrogen functional groups attached to an aromatic ring is 1. The molecule has 2 N–H and O–H groups in total. The number of hydrogen-bond acceptors (Lipinski definition) is 5. The van der Waals surface area contributed by atoms with Gasteiger partial charge in [0.05, 0.1) is 13.3 Å². The number of pyridine rings is 1. The quantitative estimate of drug-likeness (QED) is 0.779. The maximum Gasteiger partial charge on any atom is 0.343 e. The summed E-state index contributed by atoms with van der Waals surface area (Å²) in [5.74, 6) is 0.272. The van der Waals surface area contributed by atoms with Crippen molar-refractivity contribution in [3.05, 3.63) is 35.7 Å². The van der Waals surface area contributed by atoms with Crippen molar-refractivity contribution in [2.45, 2.75) is 6.92 Å². The van der Waals surface area contributed by atoms with Crippen LogP contribution in [-0.2, 0) is 4.74 Å². The second-order valence-corrected chi connectivity index (χ2v) is 3.54. The van der Waals surface area contributed by atoms with Crippen LogP contribution in [0.2, 0.25) is 0 Å². The SMILES string of the molecule is COC(=O)c1cnn(-c2cc(C)ccn2)c1N. The van der Waals surface area contributed by atoms with Gasteiger partial charge >= 0.3 is 5.97 Å². The van der Waals surface area contributed by atoms with Gasteiger partial charge in [0.2, 0.25) is 0 Å². The maximum absolute atomic E-state index is 11.4. The van der Waals surface area contributed by atoms with Gasteiger partial charge in [0.1, 0.15) is 11.4 Å². The number of nitrogens with two attached hydrogens (primary N) is 1. The van der Waals surface area contributed by atoms with E-state index in [1.54, 1.807) is 6.20 Å². The predicted molar refractivity (Wildman–Crippen MR) is 61.8 cm³/mol. The van der Waals surface area contributed by atoms with Gasteiger partial charge in [-0.1, -0.05) is 0 Å². The summed E-state index contributed by atoms with van der Waals surface area (Å²) in [6, 6.07) is 3.69. The molecule has 6 nitrogen and oxygen atoms in total. The minimum Gasteiger partial charge on any atom is -0.465 e. The lowest BCUT2D eigenvalue weighted by molar-refractivity contribution is 0.0602. The van der Waals surface area contributed by atoms with Gasteiger partial charge in [0, 0.05) is 6.20 Å². The molecule has 0 saturated heterocycles. The Labute approximate surface area is 98.0 Å². The van der Waals surface area contributed by atoms with Crippen molar-refractivity contribution in [3.63, 3.8) is 0 Å². The third kappa shape index (κ3) is 1.96. The standard InChI is InChI=1S/C11H12N4O2/c1-7-3-4-13-9(5-7)15-10(12)8(6-14-15)11(16)17-2/h3-6H,12H2,1-2H3. The molecule has 0 aromatic carbocycles. The number of ether oxygens (including phenoxy) is 1. The zero-order chi connectivity index (χ0) is 12.4. The van der Waals surface area contributed by atoms with Crippen molar-refractivity contribution >= 4 is 11.8 Å². The zero-order valence-corrected chi connectivity index (χ0v) is 9.54. The van der Waals surface area contributed by atoms with Gasteiger partial charge < -0.3 is 10.5 Å². The molecule has 2 aromatic heterocycles. The molecular formula is C11H12N4O2. The molecule has 0 aliphatic rings. The molecule has 2 heterocycles. The summed E-state index contributed by atoms with van der Waals surface area (Å²) in [5, 5.41) is 4.02. The van der Waals surface area contributed by atoms with E-state index in [2.05, 4.69) is 14.8 Å². The highest BCUT2D eigenvalue weighted by Crippen LogP contribution is 2.16. The average molecular weight is 232 g/mol. The van der Waals surface area contributed by atoms with E-state index in [0.717, 1.165) is 5.56 Å². The van der Waals surface area contributed by atoms with Gasteiger partial charge in [-0.25, -0.2) is 9.78 Å². The van der Waals surface area contributed by atoms with E-state index in [1.165, 1.54) is 18.0 Å². The highest BCUT2D eigenvalue weighted by molar-refractivity contribution is 5.94. The molecule has 0 spiro atoms. The molecule has 0 radical (unpaired) electrons.